The van der Waals surface area contributed by atoms with E-state index in [0.29, 0.717) is 18.1 Å². The van der Waals surface area contributed by atoms with Crippen molar-refractivity contribution in [2.24, 2.45) is 0 Å². The number of halogens is 1. The highest BCUT2D eigenvalue weighted by Gasteiger charge is 1.95. The lowest BCUT2D eigenvalue weighted by atomic mass is 10.2. The smallest absolute Gasteiger partial charge is 0.150 e. The second-order valence-electron chi connectivity index (χ2n) is 3.29. The number of carbonyl (C=O) groups is 1. The van der Waals surface area contributed by atoms with E-state index in [-0.39, 0.29) is 0 Å². The molecule has 0 radical (unpaired) electrons. The van der Waals surface area contributed by atoms with E-state index >= 15 is 0 Å². The molecule has 15 heavy (non-hydrogen) atoms. The van der Waals surface area contributed by atoms with E-state index in [0.717, 1.165) is 31.3 Å². The SMILES string of the molecule is O=Cc1cccc(OCCCCCCl)c1. The van der Waals surface area contributed by atoms with E-state index in [1.54, 1.807) is 12.1 Å². The van der Waals surface area contributed by atoms with Crippen LogP contribution in [0.15, 0.2) is 24.3 Å². The Kier molecular flexibility index (Phi) is 5.86. The maximum Gasteiger partial charge on any atom is 0.150 e. The molecule has 0 N–H and O–H groups in total. The van der Waals surface area contributed by atoms with Crippen molar-refractivity contribution in [2.75, 3.05) is 12.5 Å². The summed E-state index contributed by atoms with van der Waals surface area (Å²) < 4.78 is 5.49. The first-order valence-electron chi connectivity index (χ1n) is 5.11. The Morgan fingerprint density at radius 3 is 2.87 bits per heavy atom. The fraction of sp³-hybridized carbons (Fsp3) is 0.417. The van der Waals surface area contributed by atoms with Gasteiger partial charge in [0, 0.05) is 11.4 Å². The standard InChI is InChI=1S/C12H15ClO2/c13-7-2-1-3-8-15-12-6-4-5-11(9-12)10-14/h4-6,9-10H,1-3,7-8H2. The van der Waals surface area contributed by atoms with Gasteiger partial charge in [-0.05, 0) is 31.4 Å². The number of hydrogen-bond acceptors (Lipinski definition) is 2. The summed E-state index contributed by atoms with van der Waals surface area (Å²) in [4.78, 5) is 10.5. The molecule has 0 amide bonds. The van der Waals surface area contributed by atoms with Crippen molar-refractivity contribution in [2.45, 2.75) is 19.3 Å². The molecule has 1 aromatic rings. The van der Waals surface area contributed by atoms with E-state index in [2.05, 4.69) is 0 Å². The Balaban J connectivity index is 2.27. The quantitative estimate of drug-likeness (QED) is 0.405. The van der Waals surface area contributed by atoms with Gasteiger partial charge in [-0.15, -0.1) is 11.6 Å². The normalized spacial score (nSPS) is 9.93. The van der Waals surface area contributed by atoms with Crippen LogP contribution in [0.1, 0.15) is 29.6 Å². The highest BCUT2D eigenvalue weighted by Crippen LogP contribution is 2.12. The number of ether oxygens (including phenoxy) is 1. The molecule has 0 aliphatic rings. The molecule has 0 unspecified atom stereocenters. The van der Waals surface area contributed by atoms with Crippen molar-refractivity contribution in [3.05, 3.63) is 29.8 Å². The molecule has 0 aliphatic heterocycles. The lowest BCUT2D eigenvalue weighted by Crippen LogP contribution is -1.97. The molecule has 0 saturated carbocycles. The Bertz CT molecular complexity index is 299. The highest BCUT2D eigenvalue weighted by atomic mass is 35.5. The van der Waals surface area contributed by atoms with Crippen LogP contribution in [0.5, 0.6) is 5.75 Å². The number of carbonyl (C=O) groups excluding carboxylic acids is 1. The molecule has 0 spiro atoms. The summed E-state index contributed by atoms with van der Waals surface area (Å²) in [5, 5.41) is 0. The van der Waals surface area contributed by atoms with Crippen molar-refractivity contribution in [3.8, 4) is 5.75 Å². The van der Waals surface area contributed by atoms with E-state index in [9.17, 15) is 4.79 Å². The fourth-order valence-corrected chi connectivity index (χ4v) is 1.43. The van der Waals surface area contributed by atoms with Crippen LogP contribution in [0.2, 0.25) is 0 Å². The zero-order valence-corrected chi connectivity index (χ0v) is 9.37. The molecular formula is C12H15ClO2. The number of hydrogen-bond donors (Lipinski definition) is 0. The number of rotatable bonds is 7. The third-order valence-corrected chi connectivity index (χ3v) is 2.31. The van der Waals surface area contributed by atoms with Crippen LogP contribution in [0.3, 0.4) is 0 Å². The van der Waals surface area contributed by atoms with Gasteiger partial charge in [0.25, 0.3) is 0 Å². The molecule has 2 nitrogen and oxygen atoms in total. The Labute approximate surface area is 95.2 Å². The van der Waals surface area contributed by atoms with Gasteiger partial charge in [-0.3, -0.25) is 4.79 Å². The average Bonchev–Trinajstić information content (AvgIpc) is 2.29. The van der Waals surface area contributed by atoms with Gasteiger partial charge in [-0.25, -0.2) is 0 Å². The van der Waals surface area contributed by atoms with Crippen LogP contribution in [0, 0.1) is 0 Å². The number of alkyl halides is 1. The monoisotopic (exact) mass is 226 g/mol. The minimum atomic E-state index is 0.647. The average molecular weight is 227 g/mol. The summed E-state index contributed by atoms with van der Waals surface area (Å²) in [6.45, 7) is 0.680. The van der Waals surface area contributed by atoms with Crippen LogP contribution in [-0.2, 0) is 0 Å². The van der Waals surface area contributed by atoms with Gasteiger partial charge in [-0.1, -0.05) is 12.1 Å². The summed E-state index contributed by atoms with van der Waals surface area (Å²) in [5.74, 6) is 1.46. The largest absolute Gasteiger partial charge is 0.494 e. The van der Waals surface area contributed by atoms with Crippen molar-refractivity contribution >= 4 is 17.9 Å². The predicted octanol–water partition coefficient (Wildman–Crippen LogP) is 3.29. The maximum atomic E-state index is 10.5. The van der Waals surface area contributed by atoms with E-state index in [1.807, 2.05) is 12.1 Å². The summed E-state index contributed by atoms with van der Waals surface area (Å²) >= 11 is 5.56. The minimum Gasteiger partial charge on any atom is -0.494 e. The number of aldehydes is 1. The molecule has 0 saturated heterocycles. The summed E-state index contributed by atoms with van der Waals surface area (Å²) in [5.41, 5.74) is 0.647. The van der Waals surface area contributed by atoms with Crippen LogP contribution in [0.4, 0.5) is 0 Å². The van der Waals surface area contributed by atoms with Crippen LogP contribution >= 0.6 is 11.6 Å². The first-order valence-corrected chi connectivity index (χ1v) is 5.64. The van der Waals surface area contributed by atoms with Crippen molar-refractivity contribution in [1.29, 1.82) is 0 Å². The fourth-order valence-electron chi connectivity index (χ4n) is 1.24. The van der Waals surface area contributed by atoms with Gasteiger partial charge in [0.2, 0.25) is 0 Å². The second kappa shape index (κ2) is 7.30. The van der Waals surface area contributed by atoms with Gasteiger partial charge in [0.15, 0.2) is 0 Å². The van der Waals surface area contributed by atoms with Gasteiger partial charge in [-0.2, -0.15) is 0 Å². The first kappa shape index (κ1) is 12.1. The molecule has 82 valence electrons. The molecule has 0 aliphatic carbocycles. The minimum absolute atomic E-state index is 0.647. The predicted molar refractivity (Wildman–Crippen MR) is 61.9 cm³/mol. The van der Waals surface area contributed by atoms with Gasteiger partial charge < -0.3 is 4.74 Å². The Morgan fingerprint density at radius 2 is 2.13 bits per heavy atom. The number of benzene rings is 1. The number of unbranched alkanes of at least 4 members (excludes halogenated alkanes) is 2. The van der Waals surface area contributed by atoms with E-state index in [4.69, 9.17) is 16.3 Å². The van der Waals surface area contributed by atoms with Crippen molar-refractivity contribution < 1.29 is 9.53 Å². The third-order valence-electron chi connectivity index (χ3n) is 2.04. The second-order valence-corrected chi connectivity index (χ2v) is 3.67. The molecule has 0 heterocycles. The van der Waals surface area contributed by atoms with E-state index < -0.39 is 0 Å². The third kappa shape index (κ3) is 4.84. The molecule has 0 aromatic heterocycles. The highest BCUT2D eigenvalue weighted by molar-refractivity contribution is 6.17. The summed E-state index contributed by atoms with van der Waals surface area (Å²) in [6, 6.07) is 7.17. The van der Waals surface area contributed by atoms with Gasteiger partial charge >= 0.3 is 0 Å². The molecule has 0 bridgehead atoms. The molecule has 0 atom stereocenters. The van der Waals surface area contributed by atoms with Crippen molar-refractivity contribution in [3.63, 3.8) is 0 Å². The lowest BCUT2D eigenvalue weighted by Gasteiger charge is -2.05. The molecule has 3 heteroatoms. The van der Waals surface area contributed by atoms with Crippen molar-refractivity contribution in [1.82, 2.24) is 0 Å². The first-order chi connectivity index (χ1) is 7.36. The summed E-state index contributed by atoms with van der Waals surface area (Å²) in [6.07, 6.45) is 3.93. The molecule has 1 rings (SSSR count). The molecule has 0 fully saturated rings. The topological polar surface area (TPSA) is 26.3 Å². The zero-order chi connectivity index (χ0) is 10.9. The van der Waals surface area contributed by atoms with Gasteiger partial charge in [0.05, 0.1) is 6.61 Å². The van der Waals surface area contributed by atoms with Crippen LogP contribution < -0.4 is 4.74 Å². The Morgan fingerprint density at radius 1 is 1.27 bits per heavy atom. The summed E-state index contributed by atoms with van der Waals surface area (Å²) in [7, 11) is 0. The van der Waals surface area contributed by atoms with Gasteiger partial charge in [0.1, 0.15) is 12.0 Å². The van der Waals surface area contributed by atoms with Crippen LogP contribution in [0.25, 0.3) is 0 Å². The zero-order valence-electron chi connectivity index (χ0n) is 8.62. The molecular weight excluding hydrogens is 212 g/mol. The van der Waals surface area contributed by atoms with E-state index in [1.165, 1.54) is 0 Å². The maximum absolute atomic E-state index is 10.5. The molecule has 1 aromatic carbocycles. The Hall–Kier alpha value is -1.02. The lowest BCUT2D eigenvalue weighted by molar-refractivity contribution is 0.112. The van der Waals surface area contributed by atoms with Crippen LogP contribution in [-0.4, -0.2) is 18.8 Å².